The van der Waals surface area contributed by atoms with Gasteiger partial charge in [-0.25, -0.2) is 0 Å². The minimum absolute atomic E-state index is 0.103. The van der Waals surface area contributed by atoms with Crippen molar-refractivity contribution in [3.63, 3.8) is 0 Å². The zero-order valence-corrected chi connectivity index (χ0v) is 48.6. The second kappa shape index (κ2) is 61.9. The molecule has 1 unspecified atom stereocenters. The molecule has 0 saturated carbocycles. The van der Waals surface area contributed by atoms with Gasteiger partial charge in [0.2, 0.25) is 0 Å². The maximum Gasteiger partial charge on any atom is 0.306 e. The molecule has 74 heavy (non-hydrogen) atoms. The normalized spacial score (nSPS) is 12.7. The van der Waals surface area contributed by atoms with Gasteiger partial charge in [-0.2, -0.15) is 0 Å². The van der Waals surface area contributed by atoms with Crippen LogP contribution in [0.2, 0.25) is 0 Å². The lowest BCUT2D eigenvalue weighted by atomic mass is 10.0. The molecule has 0 aromatic rings. The van der Waals surface area contributed by atoms with Crippen molar-refractivity contribution in [1.82, 2.24) is 0 Å². The largest absolute Gasteiger partial charge is 0.462 e. The van der Waals surface area contributed by atoms with Gasteiger partial charge in [-0.3, -0.25) is 14.4 Å². The number of rotatable bonds is 56. The highest BCUT2D eigenvalue weighted by Crippen LogP contribution is 2.15. The third-order valence-corrected chi connectivity index (χ3v) is 13.3. The van der Waals surface area contributed by atoms with Gasteiger partial charge in [-0.1, -0.05) is 266 Å². The molecule has 0 radical (unpaired) electrons. The van der Waals surface area contributed by atoms with Crippen LogP contribution in [0, 0.1) is 0 Å². The first-order valence-electron chi connectivity index (χ1n) is 31.2. The highest BCUT2D eigenvalue weighted by Gasteiger charge is 2.19. The molecule has 424 valence electrons. The average molecular weight is 1030 g/mol. The molecule has 1 atom stereocenters. The maximum absolute atomic E-state index is 12.9. The number of hydrogen-bond acceptors (Lipinski definition) is 6. The van der Waals surface area contributed by atoms with Crippen LogP contribution in [0.1, 0.15) is 297 Å². The molecule has 0 aliphatic heterocycles. The molecule has 0 bridgehead atoms. The van der Waals surface area contributed by atoms with Crippen molar-refractivity contribution in [1.29, 1.82) is 0 Å². The van der Waals surface area contributed by atoms with Gasteiger partial charge in [0.25, 0.3) is 0 Å². The fourth-order valence-corrected chi connectivity index (χ4v) is 8.64. The maximum atomic E-state index is 12.9. The number of ether oxygens (including phenoxy) is 3. The Morgan fingerprint density at radius 1 is 0.284 bits per heavy atom. The third-order valence-electron chi connectivity index (χ3n) is 13.3. The summed E-state index contributed by atoms with van der Waals surface area (Å²) in [6.07, 6.45) is 82.9. The Labute approximate surface area is 457 Å². The molecule has 0 heterocycles. The van der Waals surface area contributed by atoms with Gasteiger partial charge in [0.15, 0.2) is 6.10 Å². The Morgan fingerprint density at radius 3 is 0.919 bits per heavy atom. The highest BCUT2D eigenvalue weighted by molar-refractivity contribution is 5.71. The molecule has 0 aliphatic carbocycles. The van der Waals surface area contributed by atoms with Gasteiger partial charge in [0, 0.05) is 19.3 Å². The van der Waals surface area contributed by atoms with Crippen molar-refractivity contribution >= 4 is 17.9 Å². The number of allylic oxidation sites excluding steroid dienone is 16. The summed E-state index contributed by atoms with van der Waals surface area (Å²) < 4.78 is 16.8. The number of carbonyl (C=O) groups is 3. The summed E-state index contributed by atoms with van der Waals surface area (Å²) >= 11 is 0. The lowest BCUT2D eigenvalue weighted by Gasteiger charge is -2.18. The molecule has 0 aromatic carbocycles. The number of carbonyl (C=O) groups excluding carboxylic acids is 3. The van der Waals surface area contributed by atoms with E-state index in [-0.39, 0.29) is 37.5 Å². The van der Waals surface area contributed by atoms with E-state index >= 15 is 0 Å². The van der Waals surface area contributed by atoms with Crippen LogP contribution in [-0.2, 0) is 28.6 Å². The van der Waals surface area contributed by atoms with Crippen LogP contribution in [0.25, 0.3) is 0 Å². The van der Waals surface area contributed by atoms with Gasteiger partial charge in [-0.05, 0) is 109 Å². The molecule has 0 aliphatic rings. The van der Waals surface area contributed by atoms with Crippen molar-refractivity contribution in [2.45, 2.75) is 303 Å². The van der Waals surface area contributed by atoms with E-state index in [2.05, 4.69) is 112 Å². The zero-order chi connectivity index (χ0) is 53.6. The van der Waals surface area contributed by atoms with E-state index in [9.17, 15) is 14.4 Å². The van der Waals surface area contributed by atoms with Crippen molar-refractivity contribution in [3.8, 4) is 0 Å². The van der Waals surface area contributed by atoms with E-state index in [1.165, 1.54) is 161 Å². The van der Waals surface area contributed by atoms with Gasteiger partial charge in [0.05, 0.1) is 0 Å². The highest BCUT2D eigenvalue weighted by atomic mass is 16.6. The van der Waals surface area contributed by atoms with E-state index in [1.807, 2.05) is 6.08 Å². The zero-order valence-electron chi connectivity index (χ0n) is 48.6. The number of unbranched alkanes of at least 4 members (excludes halogenated alkanes) is 29. The van der Waals surface area contributed by atoms with E-state index < -0.39 is 6.10 Å². The summed E-state index contributed by atoms with van der Waals surface area (Å²) in [7, 11) is 0. The first-order chi connectivity index (χ1) is 36.5. The summed E-state index contributed by atoms with van der Waals surface area (Å²) in [5.74, 6) is -0.992. The number of esters is 3. The monoisotopic (exact) mass is 1030 g/mol. The Morgan fingerprint density at radius 2 is 0.554 bits per heavy atom. The minimum Gasteiger partial charge on any atom is -0.462 e. The lowest BCUT2D eigenvalue weighted by Crippen LogP contribution is -2.30. The average Bonchev–Trinajstić information content (AvgIpc) is 3.40. The van der Waals surface area contributed by atoms with Gasteiger partial charge in [-0.15, -0.1) is 0 Å². The van der Waals surface area contributed by atoms with E-state index in [0.29, 0.717) is 19.3 Å². The van der Waals surface area contributed by atoms with Crippen LogP contribution in [0.15, 0.2) is 97.2 Å². The second-order valence-electron chi connectivity index (χ2n) is 20.6. The third kappa shape index (κ3) is 59.2. The summed E-state index contributed by atoms with van der Waals surface area (Å²) in [4.78, 5) is 38.2. The molecular weight excluding hydrogens is 913 g/mol. The van der Waals surface area contributed by atoms with E-state index in [1.54, 1.807) is 0 Å². The van der Waals surface area contributed by atoms with Crippen LogP contribution >= 0.6 is 0 Å². The topological polar surface area (TPSA) is 78.9 Å². The number of hydrogen-bond donors (Lipinski definition) is 0. The summed E-state index contributed by atoms with van der Waals surface area (Å²) in [6, 6.07) is 0. The summed E-state index contributed by atoms with van der Waals surface area (Å²) in [6.45, 7) is 6.45. The molecule has 0 spiro atoms. The van der Waals surface area contributed by atoms with Crippen molar-refractivity contribution in [2.24, 2.45) is 0 Å². The Bertz CT molecular complexity index is 1460. The molecule has 0 N–H and O–H groups in total. The summed E-state index contributed by atoms with van der Waals surface area (Å²) in [5, 5.41) is 0. The SMILES string of the molecule is CC/C=C\C/C=C\C/C=C\C/C=C\CCC(=O)OCC(COC(=O)CCCCCCCCCCCCCC/C=C\C/C=C\C/C=C\CCCCCCC)OC(=O)CCCCCCC/C=C\CCCCCCCCC. The summed E-state index contributed by atoms with van der Waals surface area (Å²) in [5.41, 5.74) is 0. The molecule has 0 rings (SSSR count). The molecule has 0 fully saturated rings. The second-order valence-corrected chi connectivity index (χ2v) is 20.6. The van der Waals surface area contributed by atoms with Crippen LogP contribution < -0.4 is 0 Å². The van der Waals surface area contributed by atoms with E-state index in [0.717, 1.165) is 89.9 Å². The van der Waals surface area contributed by atoms with Crippen LogP contribution in [0.4, 0.5) is 0 Å². The van der Waals surface area contributed by atoms with E-state index in [4.69, 9.17) is 14.2 Å². The standard InChI is InChI=1S/C68H116O6/c1-4-7-10-13-16-19-22-25-27-29-30-31-32-33-34-35-36-37-38-39-41-43-46-49-52-55-58-61-67(70)73-64-65(63-72-66(69)60-57-54-51-48-45-42-24-21-18-15-12-9-6-3)74-68(71)62-59-56-53-50-47-44-40-28-26-23-20-17-14-11-8-5-2/h9,12,18,21-22,25,28-30,32-33,40,42,45,51,54,65H,4-8,10-11,13-17,19-20,23-24,26-27,31,34-39,41,43-44,46-50,52-53,55-64H2,1-3H3/b12-9-,21-18-,25-22-,30-29-,33-32-,40-28-,45-42-,54-51-. The molecule has 0 saturated heterocycles. The smallest absolute Gasteiger partial charge is 0.306 e. The minimum atomic E-state index is -0.812. The predicted molar refractivity (Wildman–Crippen MR) is 320 cm³/mol. The first kappa shape index (κ1) is 70.3. The van der Waals surface area contributed by atoms with Gasteiger partial charge < -0.3 is 14.2 Å². The molecular formula is C68H116O6. The van der Waals surface area contributed by atoms with Crippen LogP contribution in [-0.4, -0.2) is 37.2 Å². The molecule has 0 amide bonds. The van der Waals surface area contributed by atoms with Crippen molar-refractivity contribution in [3.05, 3.63) is 97.2 Å². The molecule has 6 nitrogen and oxygen atoms in total. The predicted octanol–water partition coefficient (Wildman–Crippen LogP) is 21.3. The van der Waals surface area contributed by atoms with Crippen molar-refractivity contribution < 1.29 is 28.6 Å². The fourth-order valence-electron chi connectivity index (χ4n) is 8.64. The van der Waals surface area contributed by atoms with Crippen LogP contribution in [0.3, 0.4) is 0 Å². The van der Waals surface area contributed by atoms with Gasteiger partial charge >= 0.3 is 17.9 Å². The fraction of sp³-hybridized carbons (Fsp3) is 0.721. The first-order valence-corrected chi connectivity index (χ1v) is 31.2. The van der Waals surface area contributed by atoms with Gasteiger partial charge in [0.1, 0.15) is 13.2 Å². The van der Waals surface area contributed by atoms with Crippen molar-refractivity contribution in [2.75, 3.05) is 13.2 Å². The van der Waals surface area contributed by atoms with Crippen LogP contribution in [0.5, 0.6) is 0 Å². The molecule has 0 aromatic heterocycles. The Kier molecular flexibility index (Phi) is 58.8. The molecule has 6 heteroatoms. The lowest BCUT2D eigenvalue weighted by molar-refractivity contribution is -0.166. The Hall–Kier alpha value is -3.67. The quantitative estimate of drug-likeness (QED) is 0.0261. The Balaban J connectivity index is 4.32.